The number of aromatic nitrogens is 3. The number of aromatic amines is 2. The number of aryl methyl sites for hydroxylation is 3. The highest BCUT2D eigenvalue weighted by Gasteiger charge is 2.18. The van der Waals surface area contributed by atoms with Gasteiger partial charge in [0, 0.05) is 29.3 Å². The monoisotopic (exact) mass is 274 g/mol. The summed E-state index contributed by atoms with van der Waals surface area (Å²) in [7, 11) is 0. The van der Waals surface area contributed by atoms with Crippen molar-refractivity contribution < 1.29 is 4.79 Å². The van der Waals surface area contributed by atoms with E-state index in [4.69, 9.17) is 0 Å². The Morgan fingerprint density at radius 2 is 1.95 bits per heavy atom. The molecule has 2 aromatic rings. The fraction of sp³-hybridized carbons (Fsp3) is 0.357. The molecule has 0 unspecified atom stereocenters. The second-order valence-electron chi connectivity index (χ2n) is 4.96. The number of nitrogens with zero attached hydrogens (tertiary/aromatic N) is 1. The summed E-state index contributed by atoms with van der Waals surface area (Å²) in [5.74, 6) is 0.266. The number of nitrogens with one attached hydrogen (secondary N) is 3. The molecule has 0 radical (unpaired) electrons. The molecule has 0 fully saturated rings. The highest BCUT2D eigenvalue weighted by Crippen LogP contribution is 2.09. The van der Waals surface area contributed by atoms with Gasteiger partial charge in [0.1, 0.15) is 11.4 Å². The summed E-state index contributed by atoms with van der Waals surface area (Å²) in [6, 6.07) is 1.13. The van der Waals surface area contributed by atoms with Crippen LogP contribution in [-0.2, 0) is 0 Å². The first-order chi connectivity index (χ1) is 9.38. The van der Waals surface area contributed by atoms with Gasteiger partial charge in [-0.1, -0.05) is 0 Å². The van der Waals surface area contributed by atoms with Gasteiger partial charge in [0.2, 0.25) is 0 Å². The molecule has 0 aromatic carbocycles. The minimum atomic E-state index is -0.398. The van der Waals surface area contributed by atoms with E-state index < -0.39 is 5.91 Å². The number of H-pyrrole nitrogens is 2. The number of hydrogen-bond donors (Lipinski definition) is 3. The summed E-state index contributed by atoms with van der Waals surface area (Å²) in [5, 5.41) is 2.77. The first-order valence-corrected chi connectivity index (χ1v) is 6.41. The van der Waals surface area contributed by atoms with Crippen molar-refractivity contribution in [1.82, 2.24) is 20.3 Å². The largest absolute Gasteiger partial charge is 0.362 e. The smallest absolute Gasteiger partial charge is 0.257 e. The summed E-state index contributed by atoms with van der Waals surface area (Å²) in [6.07, 6.45) is 1.70. The zero-order valence-corrected chi connectivity index (χ0v) is 12.0. The third-order valence-corrected chi connectivity index (χ3v) is 3.06. The Hall–Kier alpha value is -2.37. The van der Waals surface area contributed by atoms with Crippen molar-refractivity contribution in [2.24, 2.45) is 0 Å². The maximum absolute atomic E-state index is 12.2. The number of imidazole rings is 1. The lowest BCUT2D eigenvalue weighted by Gasteiger charge is -2.12. The van der Waals surface area contributed by atoms with Crippen LogP contribution in [0.25, 0.3) is 0 Å². The van der Waals surface area contributed by atoms with Gasteiger partial charge in [-0.3, -0.25) is 9.59 Å². The Labute approximate surface area is 116 Å². The molecule has 0 aliphatic carbocycles. The van der Waals surface area contributed by atoms with Crippen LogP contribution in [0.4, 0.5) is 0 Å². The molecule has 2 rings (SSSR count). The van der Waals surface area contributed by atoms with Gasteiger partial charge in [-0.25, -0.2) is 4.98 Å². The zero-order chi connectivity index (χ0) is 14.9. The number of rotatable bonds is 3. The van der Waals surface area contributed by atoms with Gasteiger partial charge >= 0.3 is 0 Å². The van der Waals surface area contributed by atoms with E-state index in [1.165, 1.54) is 6.07 Å². The minimum Gasteiger partial charge on any atom is -0.362 e. The lowest BCUT2D eigenvalue weighted by atomic mass is 10.1. The molecule has 20 heavy (non-hydrogen) atoms. The molecule has 6 nitrogen and oxygen atoms in total. The lowest BCUT2D eigenvalue weighted by Crippen LogP contribution is -2.32. The Balaban J connectivity index is 2.23. The summed E-state index contributed by atoms with van der Waals surface area (Å²) in [6.45, 7) is 7.20. The summed E-state index contributed by atoms with van der Waals surface area (Å²) in [4.78, 5) is 34.4. The number of amides is 1. The number of carbonyl (C=O) groups excluding carboxylic acids is 1. The van der Waals surface area contributed by atoms with E-state index in [1.54, 1.807) is 20.0 Å². The van der Waals surface area contributed by atoms with E-state index in [9.17, 15) is 9.59 Å². The fourth-order valence-electron chi connectivity index (χ4n) is 2.12. The predicted molar refractivity (Wildman–Crippen MR) is 75.7 cm³/mol. The quantitative estimate of drug-likeness (QED) is 0.792. The van der Waals surface area contributed by atoms with Crippen molar-refractivity contribution in [3.63, 3.8) is 0 Å². The highest BCUT2D eigenvalue weighted by molar-refractivity contribution is 5.95. The van der Waals surface area contributed by atoms with Gasteiger partial charge in [0.25, 0.3) is 5.91 Å². The number of carbonyl (C=O) groups is 1. The first-order valence-electron chi connectivity index (χ1n) is 6.41. The van der Waals surface area contributed by atoms with Crippen LogP contribution >= 0.6 is 0 Å². The van der Waals surface area contributed by atoms with Crippen LogP contribution in [0, 0.1) is 20.8 Å². The maximum atomic E-state index is 12.2. The molecule has 2 aromatic heterocycles. The van der Waals surface area contributed by atoms with Crippen LogP contribution in [0.15, 0.2) is 17.1 Å². The Morgan fingerprint density at radius 3 is 2.50 bits per heavy atom. The third kappa shape index (κ3) is 2.79. The van der Waals surface area contributed by atoms with E-state index in [2.05, 4.69) is 20.3 Å². The molecule has 0 aliphatic heterocycles. The Kier molecular flexibility index (Phi) is 3.74. The molecule has 2 heterocycles. The van der Waals surface area contributed by atoms with Crippen molar-refractivity contribution in [3.05, 3.63) is 51.0 Å². The standard InChI is InChI=1S/C14H18N4O2/c1-7-5-11(19)12(9(3)16-7)14(20)18-10(4)13-15-6-8(2)17-13/h5-6,10H,1-4H3,(H,15,17)(H,16,19)(H,18,20)/t10-/m1/s1. The van der Waals surface area contributed by atoms with Gasteiger partial charge in [0.05, 0.1) is 6.04 Å². The molecule has 3 N–H and O–H groups in total. The zero-order valence-electron chi connectivity index (χ0n) is 12.0. The van der Waals surface area contributed by atoms with Crippen molar-refractivity contribution >= 4 is 5.91 Å². The van der Waals surface area contributed by atoms with E-state index in [0.29, 0.717) is 11.5 Å². The normalized spacial score (nSPS) is 12.2. The van der Waals surface area contributed by atoms with Crippen LogP contribution in [0.1, 0.15) is 46.2 Å². The molecule has 0 bridgehead atoms. The fourth-order valence-corrected chi connectivity index (χ4v) is 2.12. The molecule has 0 spiro atoms. The number of hydrogen-bond acceptors (Lipinski definition) is 3. The van der Waals surface area contributed by atoms with Crippen LogP contribution in [-0.4, -0.2) is 20.9 Å². The summed E-state index contributed by atoms with van der Waals surface area (Å²) in [5.41, 5.74) is 2.09. The second kappa shape index (κ2) is 5.32. The molecule has 0 aliphatic rings. The van der Waals surface area contributed by atoms with Crippen LogP contribution < -0.4 is 10.7 Å². The van der Waals surface area contributed by atoms with E-state index >= 15 is 0 Å². The summed E-state index contributed by atoms with van der Waals surface area (Å²) >= 11 is 0. The lowest BCUT2D eigenvalue weighted by molar-refractivity contribution is 0.0936. The molecule has 1 amide bonds. The second-order valence-corrected chi connectivity index (χ2v) is 4.96. The highest BCUT2D eigenvalue weighted by atomic mass is 16.2. The predicted octanol–water partition coefficient (Wildman–Crippen LogP) is 1.51. The average molecular weight is 274 g/mol. The van der Waals surface area contributed by atoms with Crippen LogP contribution in [0.5, 0.6) is 0 Å². The van der Waals surface area contributed by atoms with Gasteiger partial charge < -0.3 is 15.3 Å². The Morgan fingerprint density at radius 1 is 1.25 bits per heavy atom. The van der Waals surface area contributed by atoms with Crippen LogP contribution in [0.2, 0.25) is 0 Å². The topological polar surface area (TPSA) is 90.6 Å². The molecular formula is C14H18N4O2. The minimum absolute atomic E-state index is 0.144. The third-order valence-electron chi connectivity index (χ3n) is 3.06. The van der Waals surface area contributed by atoms with E-state index in [1.807, 2.05) is 13.8 Å². The van der Waals surface area contributed by atoms with E-state index in [0.717, 1.165) is 11.4 Å². The molecular weight excluding hydrogens is 256 g/mol. The number of pyridine rings is 1. The first kappa shape index (κ1) is 14.0. The van der Waals surface area contributed by atoms with Crippen molar-refractivity contribution in [1.29, 1.82) is 0 Å². The molecule has 6 heteroatoms. The van der Waals surface area contributed by atoms with Crippen molar-refractivity contribution in [2.45, 2.75) is 33.7 Å². The van der Waals surface area contributed by atoms with Crippen molar-refractivity contribution in [3.8, 4) is 0 Å². The SMILES string of the molecule is Cc1cnc([C@@H](C)NC(=O)c2c(C)[nH]c(C)cc2=O)[nH]1. The van der Waals surface area contributed by atoms with E-state index in [-0.39, 0.29) is 17.0 Å². The summed E-state index contributed by atoms with van der Waals surface area (Å²) < 4.78 is 0. The Bertz CT molecular complexity index is 699. The molecule has 0 saturated carbocycles. The molecule has 1 atom stereocenters. The van der Waals surface area contributed by atoms with Gasteiger partial charge in [-0.2, -0.15) is 0 Å². The maximum Gasteiger partial charge on any atom is 0.257 e. The molecule has 106 valence electrons. The van der Waals surface area contributed by atoms with Crippen LogP contribution in [0.3, 0.4) is 0 Å². The van der Waals surface area contributed by atoms with Crippen molar-refractivity contribution in [2.75, 3.05) is 0 Å². The van der Waals surface area contributed by atoms with Gasteiger partial charge in [-0.05, 0) is 27.7 Å². The average Bonchev–Trinajstić information content (AvgIpc) is 2.74. The van der Waals surface area contributed by atoms with Gasteiger partial charge in [-0.15, -0.1) is 0 Å². The van der Waals surface area contributed by atoms with Gasteiger partial charge in [0.15, 0.2) is 5.43 Å². The molecule has 0 saturated heterocycles.